The van der Waals surface area contributed by atoms with Crippen molar-refractivity contribution < 1.29 is 8.73 Å². The number of benzene rings is 2. The van der Waals surface area contributed by atoms with E-state index in [0.29, 0.717) is 11.5 Å². The number of rotatable bonds is 13. The standard InChI is InChI=1S/C27H35NO3S/c1-22(23-14-5-3-6-15-23)13-9-11-19-32(30)20-12-10-18-27(2,24-16-7-4-8-17-24)25-21-31-28-26(25)29/h3-8,14-17,21-22H,9-13,18-20H2,1-2H3,(H,28,29). The Labute approximate surface area is 193 Å². The Balaban J connectivity index is 1.41. The Kier molecular flexibility index (Phi) is 9.10. The first kappa shape index (κ1) is 24.2. The second-order valence-electron chi connectivity index (χ2n) is 8.89. The van der Waals surface area contributed by atoms with Gasteiger partial charge in [0.2, 0.25) is 0 Å². The van der Waals surface area contributed by atoms with Gasteiger partial charge < -0.3 is 4.52 Å². The van der Waals surface area contributed by atoms with Gasteiger partial charge in [-0.1, -0.05) is 87.4 Å². The van der Waals surface area contributed by atoms with E-state index in [4.69, 9.17) is 4.52 Å². The van der Waals surface area contributed by atoms with Gasteiger partial charge in [0.05, 0.1) is 5.56 Å². The molecule has 0 saturated heterocycles. The summed E-state index contributed by atoms with van der Waals surface area (Å²) in [6, 6.07) is 20.7. The quantitative estimate of drug-likeness (QED) is 0.315. The minimum Gasteiger partial charge on any atom is -0.387 e. The number of H-pyrrole nitrogens is 1. The molecule has 0 spiro atoms. The molecule has 0 aliphatic rings. The molecule has 1 aromatic heterocycles. The summed E-state index contributed by atoms with van der Waals surface area (Å²) in [5.74, 6) is 2.05. The van der Waals surface area contributed by atoms with Crippen LogP contribution >= 0.6 is 0 Å². The van der Waals surface area contributed by atoms with Crippen LogP contribution in [0.1, 0.15) is 75.0 Å². The highest BCUT2D eigenvalue weighted by molar-refractivity contribution is 7.84. The molecule has 0 amide bonds. The van der Waals surface area contributed by atoms with Crippen LogP contribution in [0.2, 0.25) is 0 Å². The SMILES string of the molecule is CC(CCCCS(=O)CCCCC(C)(c1ccccc1)c1co[nH]c1=O)c1ccccc1. The summed E-state index contributed by atoms with van der Waals surface area (Å²) in [5.41, 5.74) is 2.53. The Morgan fingerprint density at radius 3 is 2.19 bits per heavy atom. The number of aromatic amines is 1. The maximum atomic E-state index is 12.5. The van der Waals surface area contributed by atoms with Crippen molar-refractivity contribution in [3.63, 3.8) is 0 Å². The molecule has 32 heavy (non-hydrogen) atoms. The Morgan fingerprint density at radius 2 is 1.56 bits per heavy atom. The van der Waals surface area contributed by atoms with Gasteiger partial charge in [-0.2, -0.15) is 5.16 Å². The number of hydrogen-bond donors (Lipinski definition) is 1. The second-order valence-corrected chi connectivity index (χ2v) is 10.6. The molecule has 0 radical (unpaired) electrons. The van der Waals surface area contributed by atoms with E-state index >= 15 is 0 Å². The summed E-state index contributed by atoms with van der Waals surface area (Å²) < 4.78 is 17.5. The van der Waals surface area contributed by atoms with E-state index in [9.17, 15) is 9.00 Å². The zero-order valence-electron chi connectivity index (χ0n) is 19.2. The minimum absolute atomic E-state index is 0.176. The number of aromatic nitrogens is 1. The zero-order chi connectivity index (χ0) is 22.8. The van der Waals surface area contributed by atoms with Crippen molar-refractivity contribution in [2.45, 2.75) is 63.7 Å². The summed E-state index contributed by atoms with van der Waals surface area (Å²) in [6.45, 7) is 4.36. The van der Waals surface area contributed by atoms with Gasteiger partial charge in [0.1, 0.15) is 6.26 Å². The lowest BCUT2D eigenvalue weighted by Gasteiger charge is -2.28. The highest BCUT2D eigenvalue weighted by atomic mass is 32.2. The predicted octanol–water partition coefficient (Wildman–Crippen LogP) is 6.17. The maximum absolute atomic E-state index is 12.5. The third-order valence-corrected chi connectivity index (χ3v) is 7.99. The van der Waals surface area contributed by atoms with Crippen molar-refractivity contribution >= 4 is 10.8 Å². The van der Waals surface area contributed by atoms with Crippen molar-refractivity contribution in [2.24, 2.45) is 0 Å². The number of unbranched alkanes of at least 4 members (excludes halogenated alkanes) is 2. The average molecular weight is 454 g/mol. The first-order chi connectivity index (χ1) is 15.5. The van der Waals surface area contributed by atoms with E-state index < -0.39 is 16.2 Å². The van der Waals surface area contributed by atoms with Crippen LogP contribution in [0.25, 0.3) is 0 Å². The van der Waals surface area contributed by atoms with E-state index in [0.717, 1.165) is 55.6 Å². The van der Waals surface area contributed by atoms with Gasteiger partial charge in [-0.25, -0.2) is 0 Å². The first-order valence-electron chi connectivity index (χ1n) is 11.6. The lowest BCUT2D eigenvalue weighted by molar-refractivity contribution is 0.410. The summed E-state index contributed by atoms with van der Waals surface area (Å²) in [6.07, 6.45) is 7.40. The molecule has 0 aliphatic heterocycles. The van der Waals surface area contributed by atoms with Crippen LogP contribution in [0, 0.1) is 0 Å². The molecule has 3 rings (SSSR count). The van der Waals surface area contributed by atoms with Crippen molar-refractivity contribution in [3.8, 4) is 0 Å². The van der Waals surface area contributed by atoms with E-state index in [1.165, 1.54) is 11.8 Å². The van der Waals surface area contributed by atoms with E-state index in [1.807, 2.05) is 18.2 Å². The first-order valence-corrected chi connectivity index (χ1v) is 13.1. The van der Waals surface area contributed by atoms with Gasteiger partial charge in [-0.05, 0) is 42.7 Å². The fourth-order valence-electron chi connectivity index (χ4n) is 4.38. The van der Waals surface area contributed by atoms with Crippen LogP contribution < -0.4 is 5.56 Å². The predicted molar refractivity (Wildman–Crippen MR) is 133 cm³/mol. The Bertz CT molecular complexity index is 1010. The molecule has 0 saturated carbocycles. The molecule has 3 atom stereocenters. The summed E-state index contributed by atoms with van der Waals surface area (Å²) in [5, 5.41) is 2.42. The van der Waals surface area contributed by atoms with Crippen LogP contribution in [0.15, 0.2) is 76.2 Å². The molecule has 5 heteroatoms. The monoisotopic (exact) mass is 453 g/mol. The number of nitrogens with one attached hydrogen (secondary N) is 1. The fourth-order valence-corrected chi connectivity index (χ4v) is 5.63. The smallest absolute Gasteiger partial charge is 0.283 e. The van der Waals surface area contributed by atoms with Crippen molar-refractivity contribution in [1.82, 2.24) is 5.16 Å². The van der Waals surface area contributed by atoms with Crippen LogP contribution in [0.5, 0.6) is 0 Å². The molecular formula is C27H35NO3S. The maximum Gasteiger partial charge on any atom is 0.283 e. The lowest BCUT2D eigenvalue weighted by Crippen LogP contribution is -2.29. The van der Waals surface area contributed by atoms with Crippen molar-refractivity contribution in [3.05, 3.63) is 94.0 Å². The summed E-state index contributed by atoms with van der Waals surface area (Å²) in [4.78, 5) is 12.3. The zero-order valence-corrected chi connectivity index (χ0v) is 20.0. The van der Waals surface area contributed by atoms with Gasteiger partial charge >= 0.3 is 0 Å². The van der Waals surface area contributed by atoms with Gasteiger partial charge in [-0.3, -0.25) is 9.00 Å². The van der Waals surface area contributed by atoms with Crippen LogP contribution in [0.3, 0.4) is 0 Å². The molecule has 0 fully saturated rings. The van der Waals surface area contributed by atoms with Crippen LogP contribution in [0.4, 0.5) is 0 Å². The topological polar surface area (TPSA) is 63.1 Å². The summed E-state index contributed by atoms with van der Waals surface area (Å²) >= 11 is 0. The molecule has 2 aromatic carbocycles. The molecule has 172 valence electrons. The second kappa shape index (κ2) is 12.0. The Morgan fingerprint density at radius 1 is 0.938 bits per heavy atom. The average Bonchev–Trinajstić information content (AvgIpc) is 3.27. The molecule has 4 nitrogen and oxygen atoms in total. The lowest BCUT2D eigenvalue weighted by atomic mass is 9.74. The highest BCUT2D eigenvalue weighted by Crippen LogP contribution is 2.35. The fraction of sp³-hybridized carbons (Fsp3) is 0.444. The third kappa shape index (κ3) is 6.55. The minimum atomic E-state index is -0.779. The van der Waals surface area contributed by atoms with Gasteiger partial charge in [-0.15, -0.1) is 0 Å². The van der Waals surface area contributed by atoms with Gasteiger partial charge in [0.15, 0.2) is 0 Å². The molecular weight excluding hydrogens is 418 g/mol. The summed E-state index contributed by atoms with van der Waals surface area (Å²) in [7, 11) is -0.779. The normalized spacial score (nSPS) is 15.2. The van der Waals surface area contributed by atoms with E-state index in [1.54, 1.807) is 0 Å². The molecule has 3 unspecified atom stereocenters. The van der Waals surface area contributed by atoms with E-state index in [2.05, 4.69) is 61.5 Å². The highest BCUT2D eigenvalue weighted by Gasteiger charge is 2.32. The number of hydrogen-bond acceptors (Lipinski definition) is 3. The molecule has 1 heterocycles. The Hall–Kier alpha value is -2.40. The third-order valence-electron chi connectivity index (χ3n) is 6.50. The van der Waals surface area contributed by atoms with Crippen LogP contribution in [-0.2, 0) is 16.2 Å². The van der Waals surface area contributed by atoms with Gasteiger partial charge in [0.25, 0.3) is 5.56 Å². The largest absolute Gasteiger partial charge is 0.387 e. The molecule has 0 bridgehead atoms. The van der Waals surface area contributed by atoms with Crippen LogP contribution in [-0.4, -0.2) is 20.9 Å². The molecule has 1 N–H and O–H groups in total. The van der Waals surface area contributed by atoms with Crippen molar-refractivity contribution in [2.75, 3.05) is 11.5 Å². The molecule has 0 aliphatic carbocycles. The van der Waals surface area contributed by atoms with Crippen molar-refractivity contribution in [1.29, 1.82) is 0 Å². The molecule has 3 aromatic rings. The van der Waals surface area contributed by atoms with Gasteiger partial charge in [0, 0.05) is 27.7 Å². The van der Waals surface area contributed by atoms with E-state index in [-0.39, 0.29) is 5.56 Å².